The second-order valence-electron chi connectivity index (χ2n) is 5.28. The minimum atomic E-state index is -4.90. The van der Waals surface area contributed by atoms with Crippen LogP contribution in [0.4, 0.5) is 13.2 Å². The highest BCUT2D eigenvalue weighted by Gasteiger charge is 2.51. The number of rotatable bonds is 7. The summed E-state index contributed by atoms with van der Waals surface area (Å²) in [6, 6.07) is 3.37. The van der Waals surface area contributed by atoms with Gasteiger partial charge in [-0.3, -0.25) is 4.79 Å². The number of aliphatic carboxylic acids is 1. The molecule has 2 rings (SSSR count). The van der Waals surface area contributed by atoms with E-state index in [9.17, 15) is 31.2 Å². The van der Waals surface area contributed by atoms with Gasteiger partial charge in [0.25, 0.3) is 0 Å². The molecule has 0 radical (unpaired) electrons. The summed E-state index contributed by atoms with van der Waals surface area (Å²) in [5.74, 6) is -2.63. The van der Waals surface area contributed by atoms with Gasteiger partial charge in [0, 0.05) is 0 Å². The van der Waals surface area contributed by atoms with Crippen molar-refractivity contribution in [3.63, 3.8) is 0 Å². The number of amides is 1. The van der Waals surface area contributed by atoms with Crippen molar-refractivity contribution in [2.24, 2.45) is 0 Å². The second kappa shape index (κ2) is 6.52. The summed E-state index contributed by atoms with van der Waals surface area (Å²) < 4.78 is 65.6. The highest BCUT2D eigenvalue weighted by molar-refractivity contribution is 7.89. The predicted octanol–water partition coefficient (Wildman–Crippen LogP) is 0.597. The van der Waals surface area contributed by atoms with Gasteiger partial charge in [-0.05, 0) is 37.1 Å². The maximum Gasteiger partial charge on any atom is 0.573 e. The summed E-state index contributed by atoms with van der Waals surface area (Å²) in [4.78, 5) is 22.2. The lowest BCUT2D eigenvalue weighted by molar-refractivity contribution is -0.274. The summed E-state index contributed by atoms with van der Waals surface area (Å²) in [6.45, 7) is -0.710. The fourth-order valence-corrected chi connectivity index (χ4v) is 2.87. The Morgan fingerprint density at radius 2 is 1.76 bits per heavy atom. The molecule has 0 aromatic heterocycles. The number of ether oxygens (including phenoxy) is 1. The summed E-state index contributed by atoms with van der Waals surface area (Å²) in [6.07, 6.45) is -4.40. The average Bonchev–Trinajstić information content (AvgIpc) is 3.25. The van der Waals surface area contributed by atoms with E-state index in [1.54, 1.807) is 0 Å². The predicted molar refractivity (Wildman–Crippen MR) is 76.1 cm³/mol. The summed E-state index contributed by atoms with van der Waals surface area (Å²) in [7, 11) is -4.17. The molecule has 0 atom stereocenters. The first-order valence-electron chi connectivity index (χ1n) is 6.83. The van der Waals surface area contributed by atoms with Crippen LogP contribution in [0.2, 0.25) is 0 Å². The normalized spacial score (nSPS) is 16.1. The van der Waals surface area contributed by atoms with Crippen molar-refractivity contribution in [1.29, 1.82) is 0 Å². The Balaban J connectivity index is 1.95. The quantitative estimate of drug-likeness (QED) is 0.635. The number of carboxylic acids is 1. The monoisotopic (exact) mass is 382 g/mol. The Kier molecular flexibility index (Phi) is 4.95. The van der Waals surface area contributed by atoms with Crippen LogP contribution in [0.1, 0.15) is 12.8 Å². The molecule has 1 saturated carbocycles. The van der Waals surface area contributed by atoms with E-state index in [0.29, 0.717) is 0 Å². The van der Waals surface area contributed by atoms with Crippen molar-refractivity contribution in [3.8, 4) is 5.75 Å². The van der Waals surface area contributed by atoms with Gasteiger partial charge in [-0.2, -0.15) is 0 Å². The molecular weight excluding hydrogens is 369 g/mol. The molecule has 8 nitrogen and oxygen atoms in total. The minimum absolute atomic E-state index is 0.251. The Morgan fingerprint density at radius 3 is 2.20 bits per heavy atom. The van der Waals surface area contributed by atoms with E-state index in [1.807, 2.05) is 4.72 Å². The number of hydrogen-bond donors (Lipinski definition) is 3. The molecule has 0 heterocycles. The number of carbonyl (C=O) groups is 2. The second-order valence-corrected chi connectivity index (χ2v) is 7.05. The lowest BCUT2D eigenvalue weighted by Gasteiger charge is -2.13. The highest BCUT2D eigenvalue weighted by atomic mass is 32.2. The molecule has 0 saturated heterocycles. The van der Waals surface area contributed by atoms with Gasteiger partial charge >= 0.3 is 12.3 Å². The zero-order valence-electron chi connectivity index (χ0n) is 12.5. The smallest absolute Gasteiger partial charge is 0.480 e. The molecule has 0 spiro atoms. The maximum absolute atomic E-state index is 12.0. The highest BCUT2D eigenvalue weighted by Crippen LogP contribution is 2.35. The maximum atomic E-state index is 12.0. The van der Waals surface area contributed by atoms with Gasteiger partial charge in [0.05, 0.1) is 11.4 Å². The Morgan fingerprint density at radius 1 is 1.20 bits per heavy atom. The molecule has 1 aromatic rings. The molecule has 1 aliphatic rings. The summed E-state index contributed by atoms with van der Waals surface area (Å²) in [5, 5.41) is 11.1. The van der Waals surface area contributed by atoms with E-state index in [2.05, 4.69) is 10.1 Å². The van der Waals surface area contributed by atoms with Crippen LogP contribution < -0.4 is 14.8 Å². The van der Waals surface area contributed by atoms with Crippen molar-refractivity contribution < 1.29 is 41.0 Å². The zero-order chi connectivity index (χ0) is 18.9. The fourth-order valence-electron chi connectivity index (χ4n) is 1.89. The van der Waals surface area contributed by atoms with Gasteiger partial charge in [-0.1, -0.05) is 0 Å². The van der Waals surface area contributed by atoms with Crippen LogP contribution in [-0.4, -0.2) is 43.8 Å². The molecule has 25 heavy (non-hydrogen) atoms. The van der Waals surface area contributed by atoms with Crippen molar-refractivity contribution >= 4 is 21.9 Å². The van der Waals surface area contributed by atoms with Crippen LogP contribution in [0.15, 0.2) is 29.2 Å². The van der Waals surface area contributed by atoms with Gasteiger partial charge in [0.2, 0.25) is 15.9 Å². The van der Waals surface area contributed by atoms with E-state index in [4.69, 9.17) is 5.11 Å². The lowest BCUT2D eigenvalue weighted by Crippen LogP contribution is -2.47. The summed E-state index contributed by atoms with van der Waals surface area (Å²) in [5.41, 5.74) is -1.35. The zero-order valence-corrected chi connectivity index (χ0v) is 13.3. The SMILES string of the molecule is O=C(CNS(=O)(=O)c1ccc(OC(F)(F)F)cc1)NC1(C(=O)O)CC1. The summed E-state index contributed by atoms with van der Waals surface area (Å²) >= 11 is 0. The number of alkyl halides is 3. The Bertz CT molecular complexity index is 772. The van der Waals surface area contributed by atoms with Crippen LogP contribution in [0.5, 0.6) is 5.75 Å². The van der Waals surface area contributed by atoms with Crippen LogP contribution in [0.25, 0.3) is 0 Å². The molecule has 0 aliphatic heterocycles. The molecule has 0 bridgehead atoms. The van der Waals surface area contributed by atoms with E-state index >= 15 is 0 Å². The molecule has 1 fully saturated rings. The molecule has 1 amide bonds. The number of nitrogens with one attached hydrogen (secondary N) is 2. The number of halogens is 3. The lowest BCUT2D eigenvalue weighted by atomic mass is 10.3. The molecule has 3 N–H and O–H groups in total. The van der Waals surface area contributed by atoms with Crippen LogP contribution in [0.3, 0.4) is 0 Å². The number of carbonyl (C=O) groups excluding carboxylic acids is 1. The number of hydrogen-bond acceptors (Lipinski definition) is 5. The van der Waals surface area contributed by atoms with E-state index < -0.39 is 46.1 Å². The number of sulfonamides is 1. The van der Waals surface area contributed by atoms with E-state index in [-0.39, 0.29) is 17.7 Å². The number of carboxylic acid groups (broad SMARTS) is 1. The molecule has 12 heteroatoms. The van der Waals surface area contributed by atoms with Crippen LogP contribution in [-0.2, 0) is 19.6 Å². The minimum Gasteiger partial charge on any atom is -0.480 e. The van der Waals surface area contributed by atoms with E-state index in [0.717, 1.165) is 24.3 Å². The van der Waals surface area contributed by atoms with Crippen molar-refractivity contribution in [2.75, 3.05) is 6.54 Å². The first kappa shape index (κ1) is 19.0. The fraction of sp³-hybridized carbons (Fsp3) is 0.385. The number of benzene rings is 1. The van der Waals surface area contributed by atoms with Crippen molar-refractivity contribution in [2.45, 2.75) is 29.6 Å². The molecular formula is C13H13F3N2O6S. The van der Waals surface area contributed by atoms with Gasteiger partial charge in [0.1, 0.15) is 11.3 Å². The third kappa shape index (κ3) is 5.06. The third-order valence-electron chi connectivity index (χ3n) is 3.33. The molecule has 1 aliphatic carbocycles. The first-order chi connectivity index (χ1) is 11.4. The largest absolute Gasteiger partial charge is 0.573 e. The molecule has 1 aromatic carbocycles. The van der Waals surface area contributed by atoms with Gasteiger partial charge in [0.15, 0.2) is 0 Å². The van der Waals surface area contributed by atoms with Crippen LogP contribution >= 0.6 is 0 Å². The van der Waals surface area contributed by atoms with Crippen LogP contribution in [0, 0.1) is 0 Å². The van der Waals surface area contributed by atoms with E-state index in [1.165, 1.54) is 0 Å². The average molecular weight is 382 g/mol. The van der Waals surface area contributed by atoms with Gasteiger partial charge in [-0.15, -0.1) is 13.2 Å². The van der Waals surface area contributed by atoms with Gasteiger partial charge < -0.3 is 15.2 Å². The Hall–Kier alpha value is -2.34. The first-order valence-corrected chi connectivity index (χ1v) is 8.32. The Labute approximate surface area is 140 Å². The topological polar surface area (TPSA) is 122 Å². The van der Waals surface area contributed by atoms with Gasteiger partial charge in [-0.25, -0.2) is 17.9 Å². The standard InChI is InChI=1S/C13H13F3N2O6S/c14-13(15,16)24-8-1-3-9(4-2-8)25(22,23)17-7-10(19)18-12(5-6-12)11(20)21/h1-4,17H,5-7H2,(H,18,19)(H,20,21). The van der Waals surface area contributed by atoms with Crippen molar-refractivity contribution in [3.05, 3.63) is 24.3 Å². The van der Waals surface area contributed by atoms with Crippen molar-refractivity contribution in [1.82, 2.24) is 10.0 Å². The molecule has 0 unspecified atom stereocenters. The molecule has 138 valence electrons. The third-order valence-corrected chi connectivity index (χ3v) is 4.75.